The molecule has 2 aliphatic heterocycles. The number of hydrogen-bond acceptors (Lipinski definition) is 3. The topological polar surface area (TPSA) is 45.7 Å². The summed E-state index contributed by atoms with van der Waals surface area (Å²) in [5.41, 5.74) is 3.01. The van der Waals surface area contributed by atoms with E-state index in [2.05, 4.69) is 38.7 Å². The van der Waals surface area contributed by atoms with E-state index in [4.69, 9.17) is 21.3 Å². The Hall–Kier alpha value is -1.56. The number of nitrogens with zero attached hydrogens (tertiary/aromatic N) is 1. The van der Waals surface area contributed by atoms with Crippen molar-refractivity contribution in [3.8, 4) is 0 Å². The summed E-state index contributed by atoms with van der Waals surface area (Å²) in [6, 6.07) is 14.0. The van der Waals surface area contributed by atoms with E-state index >= 15 is 0 Å². The quantitative estimate of drug-likeness (QED) is 0.711. The minimum atomic E-state index is -0.215. The van der Waals surface area contributed by atoms with Crippen molar-refractivity contribution < 1.29 is 4.74 Å². The Balaban J connectivity index is 1.69. The first kappa shape index (κ1) is 16.9. The molecule has 130 valence electrons. The van der Waals surface area contributed by atoms with Gasteiger partial charge >= 0.3 is 0 Å². The van der Waals surface area contributed by atoms with Gasteiger partial charge in [-0.15, -0.1) is 0 Å². The van der Waals surface area contributed by atoms with Gasteiger partial charge in [0, 0.05) is 35.6 Å². The lowest BCUT2D eigenvalue weighted by atomic mass is 9.86. The highest BCUT2D eigenvalue weighted by atomic mass is 79.9. The minimum Gasteiger partial charge on any atom is -0.381 e. The number of amidine groups is 1. The van der Waals surface area contributed by atoms with E-state index in [1.54, 1.807) is 0 Å². The third-order valence-corrected chi connectivity index (χ3v) is 5.64. The first-order chi connectivity index (χ1) is 12.2. The van der Waals surface area contributed by atoms with Crippen molar-refractivity contribution in [1.29, 1.82) is 0 Å². The summed E-state index contributed by atoms with van der Waals surface area (Å²) in [4.78, 5) is 4.91. The molecule has 0 unspecified atom stereocenters. The normalized spacial score (nSPS) is 20.0. The van der Waals surface area contributed by atoms with Gasteiger partial charge < -0.3 is 15.4 Å². The SMILES string of the molecule is Clc1cccc(CN=C2Nc3cccc(Br)c3NC23CCOCC3)c1. The summed E-state index contributed by atoms with van der Waals surface area (Å²) in [6.45, 7) is 2.05. The van der Waals surface area contributed by atoms with Gasteiger partial charge in [0.2, 0.25) is 0 Å². The Morgan fingerprint density at radius 3 is 2.76 bits per heavy atom. The van der Waals surface area contributed by atoms with Gasteiger partial charge in [-0.2, -0.15) is 0 Å². The summed E-state index contributed by atoms with van der Waals surface area (Å²) in [6.07, 6.45) is 1.77. The van der Waals surface area contributed by atoms with Crippen LogP contribution in [0.1, 0.15) is 18.4 Å². The molecule has 0 radical (unpaired) electrons. The number of fused-ring (bicyclic) bond motifs is 1. The predicted molar refractivity (Wildman–Crippen MR) is 107 cm³/mol. The molecule has 0 atom stereocenters. The molecule has 1 spiro atoms. The average Bonchev–Trinajstić information content (AvgIpc) is 2.62. The van der Waals surface area contributed by atoms with E-state index in [0.717, 1.165) is 58.3 Å². The zero-order valence-electron chi connectivity index (χ0n) is 13.7. The molecule has 2 aliphatic rings. The monoisotopic (exact) mass is 419 g/mol. The zero-order valence-corrected chi connectivity index (χ0v) is 16.0. The zero-order chi connectivity index (χ0) is 17.3. The molecule has 0 aromatic heterocycles. The molecule has 0 bridgehead atoms. The highest BCUT2D eigenvalue weighted by Gasteiger charge is 2.41. The van der Waals surface area contributed by atoms with Crippen molar-refractivity contribution in [3.63, 3.8) is 0 Å². The van der Waals surface area contributed by atoms with Gasteiger partial charge in [0.15, 0.2) is 0 Å². The maximum atomic E-state index is 6.09. The second-order valence-corrected chi connectivity index (χ2v) is 7.69. The number of anilines is 2. The van der Waals surface area contributed by atoms with Crippen molar-refractivity contribution >= 4 is 44.7 Å². The van der Waals surface area contributed by atoms with E-state index in [1.807, 2.05) is 30.3 Å². The Bertz CT molecular complexity index is 818. The molecule has 4 rings (SSSR count). The number of nitrogens with one attached hydrogen (secondary N) is 2. The van der Waals surface area contributed by atoms with E-state index in [-0.39, 0.29) is 5.54 Å². The van der Waals surface area contributed by atoms with Gasteiger partial charge in [-0.25, -0.2) is 0 Å². The fourth-order valence-corrected chi connectivity index (χ4v) is 4.06. The lowest BCUT2D eigenvalue weighted by Crippen LogP contribution is -2.55. The van der Waals surface area contributed by atoms with Crippen LogP contribution < -0.4 is 10.6 Å². The summed E-state index contributed by atoms with van der Waals surface area (Å²) in [5.74, 6) is 0.973. The fraction of sp³-hybridized carbons (Fsp3) is 0.316. The smallest absolute Gasteiger partial charge is 0.127 e. The van der Waals surface area contributed by atoms with Crippen LogP contribution in [-0.4, -0.2) is 24.6 Å². The first-order valence-corrected chi connectivity index (χ1v) is 9.54. The molecule has 6 heteroatoms. The van der Waals surface area contributed by atoms with Crippen LogP contribution in [0.25, 0.3) is 0 Å². The van der Waals surface area contributed by atoms with E-state index in [1.165, 1.54) is 0 Å². The lowest BCUT2D eigenvalue weighted by molar-refractivity contribution is 0.0778. The largest absolute Gasteiger partial charge is 0.381 e. The molecule has 1 saturated heterocycles. The summed E-state index contributed by atoms with van der Waals surface area (Å²) < 4.78 is 6.64. The van der Waals surface area contributed by atoms with Crippen LogP contribution >= 0.6 is 27.5 Å². The Morgan fingerprint density at radius 1 is 1.16 bits per heavy atom. The maximum absolute atomic E-state index is 6.09. The van der Waals surface area contributed by atoms with Crippen LogP contribution in [0.5, 0.6) is 0 Å². The molecule has 0 saturated carbocycles. The molecule has 2 N–H and O–H groups in total. The second-order valence-electron chi connectivity index (χ2n) is 6.40. The molecule has 25 heavy (non-hydrogen) atoms. The van der Waals surface area contributed by atoms with Crippen LogP contribution in [0.2, 0.25) is 5.02 Å². The molecule has 0 aliphatic carbocycles. The average molecular weight is 421 g/mol. The third kappa shape index (κ3) is 3.41. The minimum absolute atomic E-state index is 0.215. The maximum Gasteiger partial charge on any atom is 0.127 e. The van der Waals surface area contributed by atoms with Crippen LogP contribution in [0.3, 0.4) is 0 Å². The molecule has 4 nitrogen and oxygen atoms in total. The first-order valence-electron chi connectivity index (χ1n) is 8.37. The molecule has 2 heterocycles. The molecular formula is C19H19BrClN3O. The number of aliphatic imine (C=N–C) groups is 1. The highest BCUT2D eigenvalue weighted by Crippen LogP contribution is 2.40. The van der Waals surface area contributed by atoms with Crippen LogP contribution in [0.4, 0.5) is 11.4 Å². The summed E-state index contributed by atoms with van der Waals surface area (Å²) in [5, 5.41) is 8.02. The predicted octanol–water partition coefficient (Wildman–Crippen LogP) is 5.09. The Labute approximate surface area is 160 Å². The molecule has 0 amide bonds. The number of ether oxygens (including phenoxy) is 1. The van der Waals surface area contributed by atoms with E-state index in [0.29, 0.717) is 6.54 Å². The van der Waals surface area contributed by atoms with Crippen LogP contribution in [0, 0.1) is 0 Å². The number of hydrogen-bond donors (Lipinski definition) is 2. The van der Waals surface area contributed by atoms with Crippen LogP contribution in [-0.2, 0) is 11.3 Å². The van der Waals surface area contributed by atoms with Gasteiger partial charge in [-0.3, -0.25) is 4.99 Å². The van der Waals surface area contributed by atoms with Crippen molar-refractivity contribution in [2.75, 3.05) is 23.8 Å². The van der Waals surface area contributed by atoms with Crippen LogP contribution in [0.15, 0.2) is 51.9 Å². The number of para-hydroxylation sites is 1. The van der Waals surface area contributed by atoms with Gasteiger partial charge in [0.1, 0.15) is 5.84 Å². The summed E-state index contributed by atoms with van der Waals surface area (Å²) in [7, 11) is 0. The molecule has 2 aromatic rings. The number of rotatable bonds is 2. The molecule has 2 aromatic carbocycles. The third-order valence-electron chi connectivity index (χ3n) is 4.74. The van der Waals surface area contributed by atoms with Crippen molar-refractivity contribution in [2.45, 2.75) is 24.9 Å². The number of halogens is 2. The van der Waals surface area contributed by atoms with Gasteiger partial charge in [0.05, 0.1) is 23.5 Å². The Kier molecular flexibility index (Phi) is 4.71. The highest BCUT2D eigenvalue weighted by molar-refractivity contribution is 9.10. The van der Waals surface area contributed by atoms with Gasteiger partial charge in [0.25, 0.3) is 0 Å². The van der Waals surface area contributed by atoms with Crippen molar-refractivity contribution in [3.05, 3.63) is 57.5 Å². The van der Waals surface area contributed by atoms with E-state index < -0.39 is 0 Å². The lowest BCUT2D eigenvalue weighted by Gasteiger charge is -2.44. The second kappa shape index (κ2) is 6.98. The van der Waals surface area contributed by atoms with Crippen molar-refractivity contribution in [1.82, 2.24) is 0 Å². The fourth-order valence-electron chi connectivity index (χ4n) is 3.38. The van der Waals surface area contributed by atoms with Crippen molar-refractivity contribution in [2.24, 2.45) is 4.99 Å². The standard InChI is InChI=1S/C19H19BrClN3O/c20-15-5-2-6-16-17(15)24-19(7-9-25-10-8-19)18(23-16)22-12-13-3-1-4-14(21)11-13/h1-6,11,24H,7-10,12H2,(H,22,23). The van der Waals surface area contributed by atoms with Gasteiger partial charge in [-0.05, 0) is 45.8 Å². The molecular weight excluding hydrogens is 402 g/mol. The summed E-state index contributed by atoms with van der Waals surface area (Å²) >= 11 is 9.74. The molecule has 1 fully saturated rings. The van der Waals surface area contributed by atoms with E-state index in [9.17, 15) is 0 Å². The van der Waals surface area contributed by atoms with Gasteiger partial charge in [-0.1, -0.05) is 29.8 Å². The Morgan fingerprint density at radius 2 is 1.96 bits per heavy atom. The number of benzene rings is 2.